The van der Waals surface area contributed by atoms with Crippen molar-refractivity contribution < 1.29 is 9.66 Å². The van der Waals surface area contributed by atoms with E-state index in [2.05, 4.69) is 15.2 Å². The van der Waals surface area contributed by atoms with Gasteiger partial charge in [0.15, 0.2) is 0 Å². The molecule has 0 radical (unpaired) electrons. The van der Waals surface area contributed by atoms with Crippen molar-refractivity contribution in [3.05, 3.63) is 28.4 Å². The zero-order chi connectivity index (χ0) is 15.4. The molecule has 1 atom stereocenters. The molecule has 120 valence electrons. The predicted octanol–water partition coefficient (Wildman–Crippen LogP) is 1.90. The van der Waals surface area contributed by atoms with Gasteiger partial charge in [0.1, 0.15) is 12.0 Å². The average Bonchev–Trinajstić information content (AvgIpc) is 3.03. The molecule has 1 aromatic heterocycles. The number of rotatable bonds is 5. The van der Waals surface area contributed by atoms with E-state index in [1.54, 1.807) is 6.07 Å². The first-order chi connectivity index (χ1) is 10.7. The number of nitrogens with one attached hydrogen (secondary N) is 1. The third-order valence-corrected chi connectivity index (χ3v) is 4.44. The number of pyridine rings is 1. The fourth-order valence-corrected chi connectivity index (χ4v) is 3.14. The van der Waals surface area contributed by atoms with E-state index in [9.17, 15) is 10.1 Å². The Morgan fingerprint density at radius 3 is 2.77 bits per heavy atom. The molecule has 1 aromatic rings. The number of hydrogen-bond donors (Lipinski definition) is 1. The summed E-state index contributed by atoms with van der Waals surface area (Å²) in [6.07, 6.45) is 4.64. The molecule has 0 bridgehead atoms. The monoisotopic (exact) mass is 306 g/mol. The van der Waals surface area contributed by atoms with E-state index in [0.717, 1.165) is 45.7 Å². The van der Waals surface area contributed by atoms with Crippen LogP contribution in [0.2, 0.25) is 0 Å². The van der Waals surface area contributed by atoms with Crippen LogP contribution < -0.4 is 5.32 Å². The molecule has 22 heavy (non-hydrogen) atoms. The van der Waals surface area contributed by atoms with Gasteiger partial charge in [-0.3, -0.25) is 10.1 Å². The average molecular weight is 306 g/mol. The first-order valence-corrected chi connectivity index (χ1v) is 7.88. The minimum absolute atomic E-state index is 0.0270. The number of anilines is 1. The van der Waals surface area contributed by atoms with E-state index in [1.165, 1.54) is 18.7 Å². The summed E-state index contributed by atoms with van der Waals surface area (Å²) in [5.74, 6) is 1.41. The number of aromatic nitrogens is 1. The van der Waals surface area contributed by atoms with E-state index in [4.69, 9.17) is 4.74 Å². The Kier molecular flexibility index (Phi) is 4.84. The van der Waals surface area contributed by atoms with E-state index in [0.29, 0.717) is 17.8 Å². The molecule has 2 aliphatic rings. The van der Waals surface area contributed by atoms with Crippen molar-refractivity contribution in [1.82, 2.24) is 9.88 Å². The highest BCUT2D eigenvalue weighted by molar-refractivity contribution is 5.40. The van der Waals surface area contributed by atoms with Crippen LogP contribution in [0.1, 0.15) is 19.3 Å². The van der Waals surface area contributed by atoms with Gasteiger partial charge in [0.25, 0.3) is 5.69 Å². The Bertz CT molecular complexity index is 494. The molecule has 1 unspecified atom stereocenters. The molecule has 0 saturated carbocycles. The molecule has 2 aliphatic heterocycles. The molecule has 3 heterocycles. The van der Waals surface area contributed by atoms with Gasteiger partial charge in [-0.15, -0.1) is 0 Å². The highest BCUT2D eigenvalue weighted by atomic mass is 16.6. The normalized spacial score (nSPS) is 23.5. The van der Waals surface area contributed by atoms with E-state index < -0.39 is 4.92 Å². The first kappa shape index (κ1) is 15.2. The summed E-state index contributed by atoms with van der Waals surface area (Å²) < 4.78 is 5.43. The van der Waals surface area contributed by atoms with E-state index >= 15 is 0 Å². The van der Waals surface area contributed by atoms with Crippen molar-refractivity contribution in [3.63, 3.8) is 0 Å². The molecule has 7 nitrogen and oxygen atoms in total. The maximum absolute atomic E-state index is 10.6. The standard InChI is InChI=1S/C15H22N4O3/c20-19(21)14-1-2-15(16-9-14)17-13-3-6-18(7-4-13)10-12-5-8-22-11-12/h1-2,9,12-13H,3-8,10-11H2,(H,16,17). The largest absolute Gasteiger partial charge is 0.381 e. The van der Waals surface area contributed by atoms with Crippen LogP contribution in [0, 0.1) is 16.0 Å². The Hall–Kier alpha value is -1.73. The van der Waals surface area contributed by atoms with Crippen LogP contribution in [-0.4, -0.2) is 53.7 Å². The zero-order valence-electron chi connectivity index (χ0n) is 12.6. The molecular weight excluding hydrogens is 284 g/mol. The van der Waals surface area contributed by atoms with Crippen molar-refractivity contribution in [2.24, 2.45) is 5.92 Å². The van der Waals surface area contributed by atoms with Crippen LogP contribution in [0.15, 0.2) is 18.3 Å². The Morgan fingerprint density at radius 1 is 1.36 bits per heavy atom. The van der Waals surface area contributed by atoms with Gasteiger partial charge in [0, 0.05) is 38.3 Å². The predicted molar refractivity (Wildman–Crippen MR) is 82.9 cm³/mol. The molecule has 0 aliphatic carbocycles. The van der Waals surface area contributed by atoms with Crippen LogP contribution in [0.4, 0.5) is 11.5 Å². The fraction of sp³-hybridized carbons (Fsp3) is 0.667. The van der Waals surface area contributed by atoms with Gasteiger partial charge < -0.3 is 15.0 Å². The Balaban J connectivity index is 1.44. The first-order valence-electron chi connectivity index (χ1n) is 7.88. The summed E-state index contributed by atoms with van der Waals surface area (Å²) in [6.45, 7) is 5.13. The summed E-state index contributed by atoms with van der Waals surface area (Å²) in [4.78, 5) is 16.8. The number of likely N-dealkylation sites (tertiary alicyclic amines) is 1. The molecule has 2 saturated heterocycles. The molecule has 3 rings (SSSR count). The molecule has 1 N–H and O–H groups in total. The maximum Gasteiger partial charge on any atom is 0.287 e. The molecule has 0 aromatic carbocycles. The number of nitrogens with zero attached hydrogens (tertiary/aromatic N) is 3. The van der Waals surface area contributed by atoms with E-state index in [-0.39, 0.29) is 5.69 Å². The lowest BCUT2D eigenvalue weighted by Crippen LogP contribution is -2.41. The zero-order valence-corrected chi connectivity index (χ0v) is 12.6. The smallest absolute Gasteiger partial charge is 0.287 e. The topological polar surface area (TPSA) is 80.5 Å². The number of piperidine rings is 1. The van der Waals surface area contributed by atoms with Gasteiger partial charge in [-0.25, -0.2) is 4.98 Å². The number of ether oxygens (including phenoxy) is 1. The van der Waals surface area contributed by atoms with Crippen LogP contribution >= 0.6 is 0 Å². The number of hydrogen-bond acceptors (Lipinski definition) is 6. The molecule has 7 heteroatoms. The Morgan fingerprint density at radius 2 is 2.18 bits per heavy atom. The van der Waals surface area contributed by atoms with Crippen LogP contribution in [0.25, 0.3) is 0 Å². The second-order valence-electron chi connectivity index (χ2n) is 6.11. The lowest BCUT2D eigenvalue weighted by molar-refractivity contribution is -0.385. The second-order valence-corrected chi connectivity index (χ2v) is 6.11. The fourth-order valence-electron chi connectivity index (χ4n) is 3.14. The quantitative estimate of drug-likeness (QED) is 0.661. The van der Waals surface area contributed by atoms with Crippen molar-refractivity contribution in [2.75, 3.05) is 38.2 Å². The summed E-state index contributed by atoms with van der Waals surface area (Å²) in [5.41, 5.74) is 0.0270. The summed E-state index contributed by atoms with van der Waals surface area (Å²) in [6, 6.07) is 3.57. The third kappa shape index (κ3) is 3.92. The lowest BCUT2D eigenvalue weighted by atomic mass is 10.0. The summed E-state index contributed by atoms with van der Waals surface area (Å²) in [5, 5.41) is 14.0. The van der Waals surface area contributed by atoms with Gasteiger partial charge in [-0.05, 0) is 31.2 Å². The molecule has 0 spiro atoms. The van der Waals surface area contributed by atoms with Crippen LogP contribution in [-0.2, 0) is 4.74 Å². The highest BCUT2D eigenvalue weighted by Gasteiger charge is 2.24. The molecular formula is C15H22N4O3. The van der Waals surface area contributed by atoms with Crippen molar-refractivity contribution in [2.45, 2.75) is 25.3 Å². The molecule has 0 amide bonds. The third-order valence-electron chi connectivity index (χ3n) is 4.44. The van der Waals surface area contributed by atoms with Gasteiger partial charge >= 0.3 is 0 Å². The minimum Gasteiger partial charge on any atom is -0.381 e. The van der Waals surface area contributed by atoms with Gasteiger partial charge in [0.05, 0.1) is 11.5 Å². The van der Waals surface area contributed by atoms with Crippen molar-refractivity contribution in [3.8, 4) is 0 Å². The minimum atomic E-state index is -0.429. The van der Waals surface area contributed by atoms with Gasteiger partial charge in [0.2, 0.25) is 0 Å². The summed E-state index contributed by atoms with van der Waals surface area (Å²) in [7, 11) is 0. The second kappa shape index (κ2) is 7.02. The summed E-state index contributed by atoms with van der Waals surface area (Å²) >= 11 is 0. The number of nitro groups is 1. The van der Waals surface area contributed by atoms with Gasteiger partial charge in [-0.1, -0.05) is 0 Å². The highest BCUT2D eigenvalue weighted by Crippen LogP contribution is 2.20. The van der Waals surface area contributed by atoms with Crippen molar-refractivity contribution in [1.29, 1.82) is 0 Å². The van der Waals surface area contributed by atoms with Crippen LogP contribution in [0.5, 0.6) is 0 Å². The lowest BCUT2D eigenvalue weighted by Gasteiger charge is -2.33. The van der Waals surface area contributed by atoms with E-state index in [1.807, 2.05) is 0 Å². The van der Waals surface area contributed by atoms with Crippen LogP contribution in [0.3, 0.4) is 0 Å². The molecule has 2 fully saturated rings. The van der Waals surface area contributed by atoms with Crippen molar-refractivity contribution >= 4 is 11.5 Å². The Labute approximate surface area is 129 Å². The van der Waals surface area contributed by atoms with Gasteiger partial charge in [-0.2, -0.15) is 0 Å². The SMILES string of the molecule is O=[N+]([O-])c1ccc(NC2CCN(CC3CCOC3)CC2)nc1. The maximum atomic E-state index is 10.6.